The van der Waals surface area contributed by atoms with E-state index in [1.807, 2.05) is 32.0 Å². The molecule has 0 aliphatic carbocycles. The van der Waals surface area contributed by atoms with E-state index in [1.165, 1.54) is 0 Å². The highest BCUT2D eigenvalue weighted by molar-refractivity contribution is 6.04. The van der Waals surface area contributed by atoms with Crippen molar-refractivity contribution in [3.63, 3.8) is 0 Å². The number of carbonyl (C=O) groups excluding carboxylic acids is 1. The Morgan fingerprint density at radius 1 is 1.08 bits per heavy atom. The predicted octanol–water partition coefficient (Wildman–Crippen LogP) is 3.67. The first-order valence-electron chi connectivity index (χ1n) is 7.48. The second kappa shape index (κ2) is 6.20. The van der Waals surface area contributed by atoms with Crippen LogP contribution in [0.15, 0.2) is 51.7 Å². The molecule has 5 heteroatoms. The molecule has 0 unspecified atom stereocenters. The Kier molecular flexibility index (Phi) is 4.08. The molecule has 0 saturated heterocycles. The number of rotatable bonds is 3. The van der Waals surface area contributed by atoms with E-state index in [2.05, 4.69) is 5.32 Å². The van der Waals surface area contributed by atoms with E-state index in [0.717, 1.165) is 11.1 Å². The maximum atomic E-state index is 12.5. The van der Waals surface area contributed by atoms with Crippen LogP contribution in [0.4, 0.5) is 5.69 Å². The quantitative estimate of drug-likeness (QED) is 0.798. The van der Waals surface area contributed by atoms with Crippen LogP contribution in [0, 0.1) is 13.8 Å². The number of benzene rings is 2. The van der Waals surface area contributed by atoms with Gasteiger partial charge in [-0.05, 0) is 60.7 Å². The summed E-state index contributed by atoms with van der Waals surface area (Å²) in [4.78, 5) is 24.5. The lowest BCUT2D eigenvalue weighted by Gasteiger charge is -2.09. The zero-order valence-corrected chi connectivity index (χ0v) is 13.7. The van der Waals surface area contributed by atoms with Gasteiger partial charge in [0.15, 0.2) is 5.76 Å². The number of fused-ring (bicyclic) bond motifs is 1. The molecule has 1 N–H and O–H groups in total. The summed E-state index contributed by atoms with van der Waals surface area (Å²) in [5, 5.41) is 3.78. The molecule has 122 valence electrons. The Balaban J connectivity index is 2.00. The van der Waals surface area contributed by atoms with Crippen LogP contribution in [0.3, 0.4) is 0 Å². The summed E-state index contributed by atoms with van der Waals surface area (Å²) in [6, 6.07) is 12.3. The monoisotopic (exact) mass is 323 g/mol. The largest absolute Gasteiger partial charge is 0.497 e. The van der Waals surface area contributed by atoms with Crippen LogP contribution in [-0.2, 0) is 0 Å². The fourth-order valence-corrected chi connectivity index (χ4v) is 2.46. The summed E-state index contributed by atoms with van der Waals surface area (Å²) >= 11 is 0. The van der Waals surface area contributed by atoms with Gasteiger partial charge in [0.25, 0.3) is 5.91 Å². The summed E-state index contributed by atoms with van der Waals surface area (Å²) in [6.07, 6.45) is 0. The Morgan fingerprint density at radius 2 is 1.88 bits per heavy atom. The van der Waals surface area contributed by atoms with Crippen LogP contribution >= 0.6 is 0 Å². The zero-order valence-electron chi connectivity index (χ0n) is 13.7. The fraction of sp³-hybridized carbons (Fsp3) is 0.158. The molecule has 0 atom stereocenters. The average Bonchev–Trinajstić information content (AvgIpc) is 2.57. The molecule has 0 spiro atoms. The van der Waals surface area contributed by atoms with Gasteiger partial charge < -0.3 is 14.5 Å². The summed E-state index contributed by atoms with van der Waals surface area (Å²) in [5.41, 5.74) is 2.09. The molecule has 5 nitrogen and oxygen atoms in total. The van der Waals surface area contributed by atoms with Crippen molar-refractivity contribution in [2.24, 2.45) is 0 Å². The van der Waals surface area contributed by atoms with E-state index in [4.69, 9.17) is 9.15 Å². The minimum Gasteiger partial charge on any atom is -0.497 e. The van der Waals surface area contributed by atoms with Crippen molar-refractivity contribution in [1.82, 2.24) is 0 Å². The number of ether oxygens (including phenoxy) is 1. The van der Waals surface area contributed by atoms with Crippen LogP contribution in [0.5, 0.6) is 5.75 Å². The molecule has 0 aliphatic rings. The lowest BCUT2D eigenvalue weighted by atomic mass is 10.1. The lowest BCUT2D eigenvalue weighted by Crippen LogP contribution is -2.15. The summed E-state index contributed by atoms with van der Waals surface area (Å²) < 4.78 is 10.3. The average molecular weight is 323 g/mol. The molecule has 0 fully saturated rings. The number of aryl methyl sites for hydroxylation is 2. The van der Waals surface area contributed by atoms with E-state index >= 15 is 0 Å². The number of hydrogen-bond acceptors (Lipinski definition) is 4. The fourth-order valence-electron chi connectivity index (χ4n) is 2.46. The first-order chi connectivity index (χ1) is 11.5. The normalized spacial score (nSPS) is 10.6. The van der Waals surface area contributed by atoms with E-state index < -0.39 is 11.5 Å². The van der Waals surface area contributed by atoms with Gasteiger partial charge in [-0.1, -0.05) is 12.1 Å². The Morgan fingerprint density at radius 3 is 2.62 bits per heavy atom. The number of carbonyl (C=O) groups is 1. The maximum Gasteiger partial charge on any atom is 0.344 e. The Labute approximate surface area is 138 Å². The van der Waals surface area contributed by atoms with Gasteiger partial charge in [0.2, 0.25) is 0 Å². The van der Waals surface area contributed by atoms with Crippen LogP contribution in [0.25, 0.3) is 10.8 Å². The lowest BCUT2D eigenvalue weighted by molar-refractivity contribution is 0.0993. The molecular weight excluding hydrogens is 306 g/mol. The third kappa shape index (κ3) is 3.01. The standard InChI is InChI=1S/C19H17NO4/c1-11-4-5-12(2)16(8-11)20-18(21)17-10-13-9-14(23-3)6-7-15(13)19(22)24-17/h4-10H,1-3H3,(H,20,21). The molecule has 3 aromatic rings. The number of hydrogen-bond donors (Lipinski definition) is 1. The van der Waals surface area contributed by atoms with Crippen molar-refractivity contribution >= 4 is 22.4 Å². The molecule has 1 heterocycles. The first kappa shape index (κ1) is 15.8. The third-order valence-electron chi connectivity index (χ3n) is 3.83. The molecule has 0 radical (unpaired) electrons. The molecule has 0 saturated carbocycles. The second-order valence-corrected chi connectivity index (χ2v) is 5.62. The predicted molar refractivity (Wildman–Crippen MR) is 92.9 cm³/mol. The van der Waals surface area contributed by atoms with Crippen LogP contribution in [-0.4, -0.2) is 13.0 Å². The number of nitrogens with one attached hydrogen (secondary N) is 1. The molecule has 2 aromatic carbocycles. The molecule has 1 aromatic heterocycles. The van der Waals surface area contributed by atoms with Crippen molar-refractivity contribution in [3.05, 3.63) is 69.8 Å². The molecule has 0 aliphatic heterocycles. The highest BCUT2D eigenvalue weighted by Crippen LogP contribution is 2.21. The molecule has 3 rings (SSSR count). The summed E-state index contributed by atoms with van der Waals surface area (Å²) in [5.74, 6) is 0.0983. The molecular formula is C19H17NO4. The summed E-state index contributed by atoms with van der Waals surface area (Å²) in [6.45, 7) is 3.84. The van der Waals surface area contributed by atoms with Gasteiger partial charge in [0.1, 0.15) is 5.75 Å². The topological polar surface area (TPSA) is 68.5 Å². The van der Waals surface area contributed by atoms with Gasteiger partial charge in [-0.15, -0.1) is 0 Å². The van der Waals surface area contributed by atoms with Crippen LogP contribution < -0.4 is 15.7 Å². The number of methoxy groups -OCH3 is 1. The van der Waals surface area contributed by atoms with Crippen LogP contribution in [0.1, 0.15) is 21.7 Å². The number of amides is 1. The van der Waals surface area contributed by atoms with Crippen LogP contribution in [0.2, 0.25) is 0 Å². The van der Waals surface area contributed by atoms with Gasteiger partial charge in [-0.25, -0.2) is 4.79 Å². The minimum atomic E-state index is -0.554. The third-order valence-corrected chi connectivity index (χ3v) is 3.83. The Bertz CT molecular complexity index is 988. The van der Waals surface area contributed by atoms with E-state index in [1.54, 1.807) is 31.4 Å². The molecule has 0 bridgehead atoms. The smallest absolute Gasteiger partial charge is 0.344 e. The minimum absolute atomic E-state index is 0.0401. The molecule has 1 amide bonds. The van der Waals surface area contributed by atoms with Gasteiger partial charge in [-0.3, -0.25) is 4.79 Å². The highest BCUT2D eigenvalue weighted by Gasteiger charge is 2.14. The summed E-state index contributed by atoms with van der Waals surface area (Å²) in [7, 11) is 1.54. The SMILES string of the molecule is COc1ccc2c(=O)oc(C(=O)Nc3cc(C)ccc3C)cc2c1. The van der Waals surface area contributed by atoms with Crippen molar-refractivity contribution in [2.45, 2.75) is 13.8 Å². The van der Waals surface area contributed by atoms with Crippen molar-refractivity contribution in [3.8, 4) is 5.75 Å². The van der Waals surface area contributed by atoms with Gasteiger partial charge in [0, 0.05) is 5.69 Å². The van der Waals surface area contributed by atoms with Gasteiger partial charge >= 0.3 is 5.63 Å². The van der Waals surface area contributed by atoms with Crippen molar-refractivity contribution in [2.75, 3.05) is 12.4 Å². The van der Waals surface area contributed by atoms with E-state index in [9.17, 15) is 9.59 Å². The van der Waals surface area contributed by atoms with E-state index in [-0.39, 0.29) is 5.76 Å². The number of anilines is 1. The van der Waals surface area contributed by atoms with Gasteiger partial charge in [-0.2, -0.15) is 0 Å². The van der Waals surface area contributed by atoms with Crippen molar-refractivity contribution < 1.29 is 13.9 Å². The highest BCUT2D eigenvalue weighted by atomic mass is 16.5. The maximum absolute atomic E-state index is 12.5. The molecule has 24 heavy (non-hydrogen) atoms. The first-order valence-corrected chi connectivity index (χ1v) is 7.48. The van der Waals surface area contributed by atoms with Crippen molar-refractivity contribution in [1.29, 1.82) is 0 Å². The Hall–Kier alpha value is -3.08. The second-order valence-electron chi connectivity index (χ2n) is 5.62. The van der Waals surface area contributed by atoms with Gasteiger partial charge in [0.05, 0.1) is 12.5 Å². The van der Waals surface area contributed by atoms with E-state index in [0.29, 0.717) is 22.2 Å². The zero-order chi connectivity index (χ0) is 17.3.